The summed E-state index contributed by atoms with van der Waals surface area (Å²) in [5.74, 6) is 0.484. The van der Waals surface area contributed by atoms with Gasteiger partial charge in [-0.15, -0.1) is 0 Å². The van der Waals surface area contributed by atoms with Crippen molar-refractivity contribution in [3.8, 4) is 5.75 Å². The van der Waals surface area contributed by atoms with Crippen LogP contribution in [0.15, 0.2) is 46.1 Å². The maximum Gasteiger partial charge on any atom is 0.124 e. The lowest BCUT2D eigenvalue weighted by Crippen LogP contribution is -1.99. The van der Waals surface area contributed by atoms with Crippen molar-refractivity contribution in [3.05, 3.63) is 41.7 Å². The predicted octanol–water partition coefficient (Wildman–Crippen LogP) is 3.12. The SMILES string of the molecule is C/C(O)=C/C(C)=N/CC/N=C(\C)c1ccccc1O. The Hall–Kier alpha value is -2.10. The molecule has 0 spiro atoms. The molecule has 0 saturated heterocycles. The van der Waals surface area contributed by atoms with E-state index in [0.29, 0.717) is 13.1 Å². The van der Waals surface area contributed by atoms with E-state index in [4.69, 9.17) is 5.11 Å². The number of phenolic OH excluding ortho intramolecular Hbond substituents is 1. The molecular weight excluding hydrogens is 240 g/mol. The van der Waals surface area contributed by atoms with Gasteiger partial charge in [-0.2, -0.15) is 0 Å². The molecule has 0 aromatic heterocycles. The van der Waals surface area contributed by atoms with Crippen molar-refractivity contribution in [2.75, 3.05) is 13.1 Å². The summed E-state index contributed by atoms with van der Waals surface area (Å²) in [6.07, 6.45) is 1.61. The molecule has 0 heterocycles. The van der Waals surface area contributed by atoms with Gasteiger partial charge in [0.2, 0.25) is 0 Å². The van der Waals surface area contributed by atoms with E-state index < -0.39 is 0 Å². The molecule has 0 saturated carbocycles. The van der Waals surface area contributed by atoms with Crippen molar-refractivity contribution in [2.45, 2.75) is 20.8 Å². The smallest absolute Gasteiger partial charge is 0.124 e. The zero-order valence-electron chi connectivity index (χ0n) is 11.6. The van der Waals surface area contributed by atoms with E-state index in [9.17, 15) is 5.11 Å². The van der Waals surface area contributed by atoms with E-state index in [1.165, 1.54) is 0 Å². The van der Waals surface area contributed by atoms with Crippen molar-refractivity contribution in [1.82, 2.24) is 0 Å². The Morgan fingerprint density at radius 2 is 1.74 bits per heavy atom. The maximum atomic E-state index is 9.68. The van der Waals surface area contributed by atoms with Crippen molar-refractivity contribution in [1.29, 1.82) is 0 Å². The lowest BCUT2D eigenvalue weighted by atomic mass is 10.1. The lowest BCUT2D eigenvalue weighted by molar-refractivity contribution is 0.415. The molecule has 0 fully saturated rings. The van der Waals surface area contributed by atoms with Gasteiger partial charge in [0.1, 0.15) is 5.75 Å². The number of aliphatic hydroxyl groups excluding tert-OH is 1. The van der Waals surface area contributed by atoms with Crippen molar-refractivity contribution >= 4 is 11.4 Å². The first-order chi connectivity index (χ1) is 9.00. The van der Waals surface area contributed by atoms with Gasteiger partial charge in [-0.3, -0.25) is 9.98 Å². The maximum absolute atomic E-state index is 9.68. The fraction of sp³-hybridized carbons (Fsp3) is 0.333. The second-order valence-corrected chi connectivity index (χ2v) is 4.29. The average molecular weight is 260 g/mol. The van der Waals surface area contributed by atoms with Crippen LogP contribution in [0.25, 0.3) is 0 Å². The zero-order valence-corrected chi connectivity index (χ0v) is 11.6. The molecule has 102 valence electrons. The summed E-state index contributed by atoms with van der Waals surface area (Å²) >= 11 is 0. The van der Waals surface area contributed by atoms with Crippen LogP contribution in [0.2, 0.25) is 0 Å². The molecule has 19 heavy (non-hydrogen) atoms. The molecule has 4 nitrogen and oxygen atoms in total. The number of benzene rings is 1. The van der Waals surface area contributed by atoms with E-state index >= 15 is 0 Å². The van der Waals surface area contributed by atoms with Crippen LogP contribution < -0.4 is 0 Å². The Morgan fingerprint density at radius 1 is 1.11 bits per heavy atom. The monoisotopic (exact) mass is 260 g/mol. The molecule has 0 bridgehead atoms. The van der Waals surface area contributed by atoms with Crippen molar-refractivity contribution < 1.29 is 10.2 Å². The van der Waals surface area contributed by atoms with E-state index in [1.807, 2.05) is 26.0 Å². The molecule has 0 unspecified atom stereocenters. The number of aliphatic imine (C=N–C) groups is 2. The van der Waals surface area contributed by atoms with Gasteiger partial charge < -0.3 is 10.2 Å². The largest absolute Gasteiger partial charge is 0.513 e. The first kappa shape index (κ1) is 15.0. The highest BCUT2D eigenvalue weighted by Gasteiger charge is 2.01. The molecule has 1 aromatic rings. The number of para-hydroxylation sites is 1. The number of aromatic hydroxyl groups is 1. The highest BCUT2D eigenvalue weighted by Crippen LogP contribution is 2.16. The summed E-state index contributed by atoms with van der Waals surface area (Å²) in [4.78, 5) is 8.64. The molecule has 0 amide bonds. The zero-order chi connectivity index (χ0) is 14.3. The lowest BCUT2D eigenvalue weighted by Gasteiger charge is -2.03. The van der Waals surface area contributed by atoms with Crippen LogP contribution in [0.3, 0.4) is 0 Å². The fourth-order valence-corrected chi connectivity index (χ4v) is 1.66. The summed E-state index contributed by atoms with van der Waals surface area (Å²) < 4.78 is 0. The Balaban J connectivity index is 2.59. The Morgan fingerprint density at radius 3 is 2.37 bits per heavy atom. The van der Waals surface area contributed by atoms with Crippen LogP contribution in [0.4, 0.5) is 0 Å². The van der Waals surface area contributed by atoms with Gasteiger partial charge in [-0.05, 0) is 39.0 Å². The molecule has 0 aliphatic rings. The van der Waals surface area contributed by atoms with E-state index in [2.05, 4.69) is 9.98 Å². The summed E-state index contributed by atoms with van der Waals surface area (Å²) in [5.41, 5.74) is 2.31. The van der Waals surface area contributed by atoms with Gasteiger partial charge in [-0.1, -0.05) is 12.1 Å². The Kier molecular flexibility index (Phi) is 5.79. The molecule has 2 N–H and O–H groups in total. The van der Waals surface area contributed by atoms with Crippen LogP contribution in [0.1, 0.15) is 26.3 Å². The third kappa shape index (κ3) is 5.38. The molecule has 0 aliphatic carbocycles. The minimum Gasteiger partial charge on any atom is -0.513 e. The molecule has 1 aromatic carbocycles. The fourth-order valence-electron chi connectivity index (χ4n) is 1.66. The van der Waals surface area contributed by atoms with Crippen molar-refractivity contribution in [2.24, 2.45) is 9.98 Å². The Labute approximate surface area is 113 Å². The summed E-state index contributed by atoms with van der Waals surface area (Å²) in [7, 11) is 0. The van der Waals surface area contributed by atoms with Crippen LogP contribution in [0.5, 0.6) is 5.75 Å². The molecule has 4 heteroatoms. The van der Waals surface area contributed by atoms with Crippen LogP contribution in [0, 0.1) is 0 Å². The normalized spacial score (nSPS) is 13.7. The topological polar surface area (TPSA) is 65.2 Å². The molecule has 0 atom stereocenters. The molecule has 0 radical (unpaired) electrons. The summed E-state index contributed by atoms with van der Waals surface area (Å²) in [6.45, 7) is 6.42. The minimum absolute atomic E-state index is 0.238. The van der Waals surface area contributed by atoms with Gasteiger partial charge in [0.05, 0.1) is 18.8 Å². The van der Waals surface area contributed by atoms with E-state index in [1.54, 1.807) is 25.1 Å². The molecule has 0 aliphatic heterocycles. The number of hydrogen-bond acceptors (Lipinski definition) is 4. The van der Waals surface area contributed by atoms with Gasteiger partial charge in [-0.25, -0.2) is 0 Å². The number of aliphatic hydroxyl groups is 1. The van der Waals surface area contributed by atoms with Crippen LogP contribution in [-0.2, 0) is 0 Å². The van der Waals surface area contributed by atoms with Gasteiger partial charge in [0.15, 0.2) is 0 Å². The molecular formula is C15H20N2O2. The van der Waals surface area contributed by atoms with Gasteiger partial charge >= 0.3 is 0 Å². The van der Waals surface area contributed by atoms with E-state index in [0.717, 1.165) is 17.0 Å². The predicted molar refractivity (Wildman–Crippen MR) is 79.5 cm³/mol. The molecule has 1 rings (SSSR count). The highest BCUT2D eigenvalue weighted by atomic mass is 16.3. The number of phenols is 1. The number of rotatable bonds is 5. The number of nitrogens with zero attached hydrogens (tertiary/aromatic N) is 2. The number of allylic oxidation sites excluding steroid dienone is 2. The van der Waals surface area contributed by atoms with Gasteiger partial charge in [0.25, 0.3) is 0 Å². The third-order valence-electron chi connectivity index (χ3n) is 2.52. The summed E-state index contributed by atoms with van der Waals surface area (Å²) in [6, 6.07) is 7.13. The average Bonchev–Trinajstić information content (AvgIpc) is 2.34. The number of hydrogen-bond donors (Lipinski definition) is 2. The van der Waals surface area contributed by atoms with Crippen LogP contribution >= 0.6 is 0 Å². The standard InChI is InChI=1S/C15H20N2O2/c1-11(10-12(2)18)16-8-9-17-13(3)14-6-4-5-7-15(14)19/h4-7,10,18-19H,8-9H2,1-3H3/b12-10-,16-11+,17-13+. The quantitative estimate of drug-likeness (QED) is 0.485. The first-order valence-corrected chi connectivity index (χ1v) is 6.18. The second-order valence-electron chi connectivity index (χ2n) is 4.29. The highest BCUT2D eigenvalue weighted by molar-refractivity contribution is 6.01. The van der Waals surface area contributed by atoms with E-state index in [-0.39, 0.29) is 11.5 Å². The second kappa shape index (κ2) is 7.36. The van der Waals surface area contributed by atoms with Crippen molar-refractivity contribution in [3.63, 3.8) is 0 Å². The third-order valence-corrected chi connectivity index (χ3v) is 2.52. The first-order valence-electron chi connectivity index (χ1n) is 6.18. The van der Waals surface area contributed by atoms with Gasteiger partial charge in [0, 0.05) is 17.0 Å². The van der Waals surface area contributed by atoms with Crippen LogP contribution in [-0.4, -0.2) is 34.7 Å². The summed E-state index contributed by atoms with van der Waals surface area (Å²) in [5, 5.41) is 18.8. The Bertz CT molecular complexity index is 513. The minimum atomic E-state index is 0.238.